The zero-order valence-corrected chi connectivity index (χ0v) is 16.2. The standard InChI is InChI=1S/C21H24FN5O/c1-13-9-18(25-28-13)14-3-5-15(6-4-14)21-24-23-20-12-26(2)11-16-10-17(22)7-8-19(16)27(20)21/h7-10,14-15H,3-6,11-12H2,1-2H3. The summed E-state index contributed by atoms with van der Waals surface area (Å²) in [5.74, 6) is 3.41. The third kappa shape index (κ3) is 3.03. The van der Waals surface area contributed by atoms with Gasteiger partial charge < -0.3 is 4.52 Å². The van der Waals surface area contributed by atoms with Gasteiger partial charge in [-0.3, -0.25) is 9.47 Å². The van der Waals surface area contributed by atoms with E-state index in [1.165, 1.54) is 6.07 Å². The summed E-state index contributed by atoms with van der Waals surface area (Å²) in [6.45, 7) is 3.34. The summed E-state index contributed by atoms with van der Waals surface area (Å²) in [6.07, 6.45) is 4.21. The molecule has 7 heteroatoms. The van der Waals surface area contributed by atoms with Crippen molar-refractivity contribution in [2.24, 2.45) is 0 Å². The number of aryl methyl sites for hydroxylation is 1. The van der Waals surface area contributed by atoms with E-state index in [9.17, 15) is 4.39 Å². The van der Waals surface area contributed by atoms with Crippen LogP contribution in [-0.4, -0.2) is 31.9 Å². The Balaban J connectivity index is 1.45. The highest BCUT2D eigenvalue weighted by Gasteiger charge is 2.31. The van der Waals surface area contributed by atoms with E-state index in [1.807, 2.05) is 20.0 Å². The maximum absolute atomic E-state index is 13.8. The van der Waals surface area contributed by atoms with Crippen LogP contribution >= 0.6 is 0 Å². The fourth-order valence-electron chi connectivity index (χ4n) is 4.67. The van der Waals surface area contributed by atoms with Crippen LogP contribution in [0.3, 0.4) is 0 Å². The molecule has 0 unspecified atom stereocenters. The second-order valence-electron chi connectivity index (χ2n) is 8.17. The number of hydrogen-bond acceptors (Lipinski definition) is 5. The summed E-state index contributed by atoms with van der Waals surface area (Å²) < 4.78 is 21.3. The van der Waals surface area contributed by atoms with Crippen LogP contribution in [0.5, 0.6) is 0 Å². The van der Waals surface area contributed by atoms with Crippen LogP contribution in [0.4, 0.5) is 4.39 Å². The number of benzene rings is 1. The lowest BCUT2D eigenvalue weighted by Crippen LogP contribution is -2.17. The molecule has 0 radical (unpaired) electrons. The molecule has 1 fully saturated rings. The molecule has 1 saturated carbocycles. The summed E-state index contributed by atoms with van der Waals surface area (Å²) in [6, 6.07) is 7.08. The molecule has 0 atom stereocenters. The normalized spacial score (nSPS) is 22.5. The molecule has 0 N–H and O–H groups in total. The smallest absolute Gasteiger partial charge is 0.151 e. The van der Waals surface area contributed by atoms with E-state index < -0.39 is 0 Å². The van der Waals surface area contributed by atoms with Gasteiger partial charge in [-0.2, -0.15) is 0 Å². The molecular formula is C21H24FN5O. The molecule has 1 aliphatic heterocycles. The molecule has 1 aliphatic carbocycles. The number of aromatic nitrogens is 4. The van der Waals surface area contributed by atoms with E-state index in [0.29, 0.717) is 24.9 Å². The van der Waals surface area contributed by atoms with Crippen molar-refractivity contribution in [1.82, 2.24) is 24.8 Å². The Bertz CT molecular complexity index is 1000. The maximum Gasteiger partial charge on any atom is 0.151 e. The van der Waals surface area contributed by atoms with Crippen LogP contribution in [0, 0.1) is 12.7 Å². The largest absolute Gasteiger partial charge is 0.361 e. The van der Waals surface area contributed by atoms with Gasteiger partial charge in [-0.05, 0) is 63.4 Å². The first-order chi connectivity index (χ1) is 13.6. The van der Waals surface area contributed by atoms with Crippen molar-refractivity contribution in [1.29, 1.82) is 0 Å². The predicted octanol–water partition coefficient (Wildman–Crippen LogP) is 4.09. The lowest BCUT2D eigenvalue weighted by atomic mass is 9.80. The van der Waals surface area contributed by atoms with Gasteiger partial charge in [-0.15, -0.1) is 10.2 Å². The molecule has 2 aromatic heterocycles. The van der Waals surface area contributed by atoms with Gasteiger partial charge in [0.15, 0.2) is 5.82 Å². The third-order valence-corrected chi connectivity index (χ3v) is 6.05. The van der Waals surface area contributed by atoms with Crippen molar-refractivity contribution in [3.63, 3.8) is 0 Å². The van der Waals surface area contributed by atoms with Crippen molar-refractivity contribution >= 4 is 0 Å². The molecule has 146 valence electrons. The molecule has 2 aliphatic rings. The van der Waals surface area contributed by atoms with Crippen LogP contribution in [-0.2, 0) is 13.1 Å². The zero-order valence-electron chi connectivity index (χ0n) is 16.2. The first-order valence-corrected chi connectivity index (χ1v) is 9.93. The Morgan fingerprint density at radius 3 is 2.57 bits per heavy atom. The molecule has 0 bridgehead atoms. The highest BCUT2D eigenvalue weighted by molar-refractivity contribution is 5.44. The van der Waals surface area contributed by atoms with Crippen molar-refractivity contribution in [3.05, 3.63) is 58.7 Å². The monoisotopic (exact) mass is 381 g/mol. The first kappa shape index (κ1) is 17.6. The highest BCUT2D eigenvalue weighted by atomic mass is 19.1. The Morgan fingerprint density at radius 1 is 1.04 bits per heavy atom. The van der Waals surface area contributed by atoms with Gasteiger partial charge in [0, 0.05) is 24.4 Å². The average Bonchev–Trinajstić information content (AvgIpc) is 3.25. The summed E-state index contributed by atoms with van der Waals surface area (Å²) in [4.78, 5) is 2.15. The minimum absolute atomic E-state index is 0.200. The van der Waals surface area contributed by atoms with E-state index in [-0.39, 0.29) is 5.82 Å². The second kappa shape index (κ2) is 6.81. The molecule has 28 heavy (non-hydrogen) atoms. The van der Waals surface area contributed by atoms with Crippen molar-refractivity contribution < 1.29 is 8.91 Å². The number of fused-ring (bicyclic) bond motifs is 3. The Hall–Kier alpha value is -2.54. The van der Waals surface area contributed by atoms with E-state index >= 15 is 0 Å². The predicted molar refractivity (Wildman–Crippen MR) is 102 cm³/mol. The summed E-state index contributed by atoms with van der Waals surface area (Å²) >= 11 is 0. The van der Waals surface area contributed by atoms with Crippen molar-refractivity contribution in [3.8, 4) is 5.69 Å². The SMILES string of the molecule is Cc1cc(C2CCC(c3nnc4n3-c3ccc(F)cc3CN(C)C4)CC2)no1. The molecule has 3 heterocycles. The zero-order chi connectivity index (χ0) is 19.3. The first-order valence-electron chi connectivity index (χ1n) is 9.93. The van der Waals surface area contributed by atoms with Crippen molar-refractivity contribution in [2.75, 3.05) is 7.05 Å². The van der Waals surface area contributed by atoms with E-state index in [4.69, 9.17) is 4.52 Å². The maximum atomic E-state index is 13.8. The van der Waals surface area contributed by atoms with Crippen LogP contribution in [0.15, 0.2) is 28.8 Å². The number of halogens is 1. The Morgan fingerprint density at radius 2 is 1.82 bits per heavy atom. The molecular weight excluding hydrogens is 357 g/mol. The molecule has 0 spiro atoms. The summed E-state index contributed by atoms with van der Waals surface area (Å²) in [5, 5.41) is 13.3. The number of nitrogens with zero attached hydrogens (tertiary/aromatic N) is 5. The van der Waals surface area contributed by atoms with Gasteiger partial charge in [0.1, 0.15) is 17.4 Å². The van der Waals surface area contributed by atoms with Gasteiger partial charge in [-0.25, -0.2) is 4.39 Å². The fraction of sp³-hybridized carbons (Fsp3) is 0.476. The van der Waals surface area contributed by atoms with Gasteiger partial charge in [-0.1, -0.05) is 5.16 Å². The average molecular weight is 381 g/mol. The van der Waals surface area contributed by atoms with Crippen LogP contribution in [0.25, 0.3) is 5.69 Å². The Labute approximate surface area is 163 Å². The van der Waals surface area contributed by atoms with Crippen LogP contribution in [0.1, 0.15) is 66.2 Å². The molecule has 0 saturated heterocycles. The second-order valence-corrected chi connectivity index (χ2v) is 8.17. The van der Waals surface area contributed by atoms with E-state index in [1.54, 1.807) is 6.07 Å². The molecule has 6 nitrogen and oxygen atoms in total. The fourth-order valence-corrected chi connectivity index (χ4v) is 4.67. The van der Waals surface area contributed by atoms with E-state index in [2.05, 4.69) is 30.9 Å². The molecule has 5 rings (SSSR count). The van der Waals surface area contributed by atoms with Gasteiger partial charge in [0.25, 0.3) is 0 Å². The van der Waals surface area contributed by atoms with E-state index in [0.717, 1.165) is 60.0 Å². The van der Waals surface area contributed by atoms with Crippen LogP contribution in [0.2, 0.25) is 0 Å². The number of rotatable bonds is 2. The van der Waals surface area contributed by atoms with Crippen LogP contribution < -0.4 is 0 Å². The molecule has 0 amide bonds. The summed E-state index contributed by atoms with van der Waals surface area (Å²) in [7, 11) is 2.03. The number of hydrogen-bond donors (Lipinski definition) is 0. The van der Waals surface area contributed by atoms with Gasteiger partial charge >= 0.3 is 0 Å². The summed E-state index contributed by atoms with van der Waals surface area (Å²) in [5.41, 5.74) is 3.06. The van der Waals surface area contributed by atoms with Gasteiger partial charge in [0.2, 0.25) is 0 Å². The van der Waals surface area contributed by atoms with Crippen molar-refractivity contribution in [2.45, 2.75) is 57.5 Å². The highest BCUT2D eigenvalue weighted by Crippen LogP contribution is 2.41. The minimum atomic E-state index is -0.200. The van der Waals surface area contributed by atoms with Gasteiger partial charge in [0.05, 0.1) is 17.9 Å². The lowest BCUT2D eigenvalue weighted by molar-refractivity contribution is 0.314. The minimum Gasteiger partial charge on any atom is -0.361 e. The quantitative estimate of drug-likeness (QED) is 0.669. The molecule has 3 aromatic rings. The lowest BCUT2D eigenvalue weighted by Gasteiger charge is -2.27. The topological polar surface area (TPSA) is 60.0 Å². The third-order valence-electron chi connectivity index (χ3n) is 6.05. The molecule has 1 aromatic carbocycles. The Kier molecular flexibility index (Phi) is 4.27.